The lowest BCUT2D eigenvalue weighted by molar-refractivity contribution is -0.115. The molecule has 0 unspecified atom stereocenters. The lowest BCUT2D eigenvalue weighted by Crippen LogP contribution is -2.45. The molecule has 2 heterocycles. The Balaban J connectivity index is 1.30. The Hall–Kier alpha value is -2.90. The van der Waals surface area contributed by atoms with Gasteiger partial charge in [0.15, 0.2) is 0 Å². The van der Waals surface area contributed by atoms with E-state index >= 15 is 0 Å². The van der Waals surface area contributed by atoms with E-state index in [0.29, 0.717) is 24.3 Å². The van der Waals surface area contributed by atoms with E-state index < -0.39 is 0 Å². The van der Waals surface area contributed by atoms with Crippen LogP contribution in [0.3, 0.4) is 0 Å². The average molecular weight is 422 g/mol. The largest absolute Gasteiger partial charge is 0.364 e. The highest BCUT2D eigenvalue weighted by Gasteiger charge is 2.20. The molecular formula is C24H31N5O2. The summed E-state index contributed by atoms with van der Waals surface area (Å²) in [7, 11) is 1.87. The predicted molar refractivity (Wildman–Crippen MR) is 123 cm³/mol. The lowest BCUT2D eigenvalue weighted by Gasteiger charge is -2.34. The molecule has 2 aromatic carbocycles. The van der Waals surface area contributed by atoms with Crippen LogP contribution in [-0.2, 0) is 17.9 Å². The van der Waals surface area contributed by atoms with Gasteiger partial charge in [-0.3, -0.25) is 14.5 Å². The molecule has 0 saturated carbocycles. The van der Waals surface area contributed by atoms with Crippen LogP contribution >= 0.6 is 0 Å². The van der Waals surface area contributed by atoms with Gasteiger partial charge in [-0.1, -0.05) is 31.2 Å². The Morgan fingerprint density at radius 3 is 2.39 bits per heavy atom. The maximum absolute atomic E-state index is 12.6. The van der Waals surface area contributed by atoms with Gasteiger partial charge in [0.05, 0.1) is 17.9 Å². The summed E-state index contributed by atoms with van der Waals surface area (Å²) >= 11 is 0. The Labute approximate surface area is 184 Å². The number of rotatable bonds is 6. The van der Waals surface area contributed by atoms with Crippen molar-refractivity contribution in [2.45, 2.75) is 20.0 Å². The number of nitrogens with one attached hydrogen (secondary N) is 2. The monoisotopic (exact) mass is 421 g/mol. The lowest BCUT2D eigenvalue weighted by atomic mass is 10.1. The van der Waals surface area contributed by atoms with Crippen molar-refractivity contribution in [1.29, 1.82) is 0 Å². The van der Waals surface area contributed by atoms with Gasteiger partial charge in [-0.25, -0.2) is 0 Å². The fourth-order valence-corrected chi connectivity index (χ4v) is 4.17. The number of anilines is 2. The standard InChI is InChI=1S/C24H31N5O2/c1-3-28-10-12-29(13-11-28)16-19-6-4-18(5-7-19)15-25-24(31)20-8-9-22-21(14-20)26-23(30)17-27(22)2/h4-9,14H,3,10-13,15-17H2,1-2H3,(H,25,31)(H,26,30). The summed E-state index contributed by atoms with van der Waals surface area (Å²) in [6.07, 6.45) is 0. The smallest absolute Gasteiger partial charge is 0.251 e. The highest BCUT2D eigenvalue weighted by Crippen LogP contribution is 2.29. The minimum absolute atomic E-state index is 0.0695. The number of likely N-dealkylation sites (N-methyl/N-ethyl adjacent to an activating group) is 2. The number of nitrogens with zero attached hydrogens (tertiary/aromatic N) is 3. The number of hydrogen-bond donors (Lipinski definition) is 2. The van der Waals surface area contributed by atoms with Crippen molar-refractivity contribution >= 4 is 23.2 Å². The molecule has 2 aromatic rings. The average Bonchev–Trinajstić information content (AvgIpc) is 2.78. The zero-order valence-corrected chi connectivity index (χ0v) is 18.4. The fraction of sp³-hybridized carbons (Fsp3) is 0.417. The quantitative estimate of drug-likeness (QED) is 0.748. The Kier molecular flexibility index (Phi) is 6.53. The summed E-state index contributed by atoms with van der Waals surface area (Å²) in [6.45, 7) is 9.62. The highest BCUT2D eigenvalue weighted by molar-refractivity contribution is 6.03. The van der Waals surface area contributed by atoms with Crippen molar-refractivity contribution in [3.63, 3.8) is 0 Å². The van der Waals surface area contributed by atoms with Gasteiger partial charge >= 0.3 is 0 Å². The van der Waals surface area contributed by atoms with Gasteiger partial charge in [-0.15, -0.1) is 0 Å². The van der Waals surface area contributed by atoms with Crippen LogP contribution in [-0.4, -0.2) is 67.9 Å². The second-order valence-corrected chi connectivity index (χ2v) is 8.35. The molecule has 4 rings (SSSR count). The number of piperazine rings is 1. The van der Waals surface area contributed by atoms with E-state index in [1.807, 2.05) is 18.0 Å². The van der Waals surface area contributed by atoms with Crippen molar-refractivity contribution < 1.29 is 9.59 Å². The summed E-state index contributed by atoms with van der Waals surface area (Å²) in [5, 5.41) is 5.81. The van der Waals surface area contributed by atoms with E-state index in [1.54, 1.807) is 12.1 Å². The Morgan fingerprint density at radius 2 is 1.68 bits per heavy atom. The van der Waals surface area contributed by atoms with Crippen LogP contribution in [0.2, 0.25) is 0 Å². The number of amides is 2. The normalized spacial score (nSPS) is 17.2. The van der Waals surface area contributed by atoms with E-state index in [0.717, 1.165) is 50.5 Å². The zero-order chi connectivity index (χ0) is 21.8. The molecule has 0 aromatic heterocycles. The van der Waals surface area contributed by atoms with Crippen LogP contribution in [0.15, 0.2) is 42.5 Å². The van der Waals surface area contributed by atoms with Crippen LogP contribution in [0.5, 0.6) is 0 Å². The van der Waals surface area contributed by atoms with Crippen molar-refractivity contribution in [3.05, 3.63) is 59.2 Å². The molecule has 7 nitrogen and oxygen atoms in total. The van der Waals surface area contributed by atoms with Gasteiger partial charge in [0.2, 0.25) is 5.91 Å². The van der Waals surface area contributed by atoms with Crippen LogP contribution in [0, 0.1) is 0 Å². The Bertz CT molecular complexity index is 935. The third-order valence-electron chi connectivity index (χ3n) is 6.12. The topological polar surface area (TPSA) is 67.9 Å². The third kappa shape index (κ3) is 5.24. The first-order valence-electron chi connectivity index (χ1n) is 11.0. The first-order valence-corrected chi connectivity index (χ1v) is 11.0. The summed E-state index contributed by atoms with van der Waals surface area (Å²) in [6, 6.07) is 13.9. The molecule has 1 saturated heterocycles. The first-order chi connectivity index (χ1) is 15.0. The van der Waals surface area contributed by atoms with Crippen molar-refractivity contribution in [3.8, 4) is 0 Å². The summed E-state index contributed by atoms with van der Waals surface area (Å²) in [5.41, 5.74) is 4.50. The number of hydrogen-bond acceptors (Lipinski definition) is 5. The molecule has 7 heteroatoms. The zero-order valence-electron chi connectivity index (χ0n) is 18.4. The van der Waals surface area contributed by atoms with Gasteiger partial charge in [-0.2, -0.15) is 0 Å². The van der Waals surface area contributed by atoms with Crippen LogP contribution in [0.1, 0.15) is 28.4 Å². The first kappa shape index (κ1) is 21.3. The number of carbonyl (C=O) groups excluding carboxylic acids is 2. The van der Waals surface area contributed by atoms with Crippen molar-refractivity contribution in [2.24, 2.45) is 0 Å². The van der Waals surface area contributed by atoms with Crippen molar-refractivity contribution in [1.82, 2.24) is 15.1 Å². The van der Waals surface area contributed by atoms with Gasteiger partial charge in [0, 0.05) is 51.9 Å². The molecule has 0 radical (unpaired) electrons. The molecule has 0 spiro atoms. The Morgan fingerprint density at radius 1 is 1.00 bits per heavy atom. The van der Waals surface area contributed by atoms with Gasteiger partial charge in [0.25, 0.3) is 5.91 Å². The number of benzene rings is 2. The summed E-state index contributed by atoms with van der Waals surface area (Å²) in [5.74, 6) is -0.219. The highest BCUT2D eigenvalue weighted by atomic mass is 16.2. The van der Waals surface area contributed by atoms with Gasteiger partial charge < -0.3 is 20.4 Å². The van der Waals surface area contributed by atoms with E-state index in [1.165, 1.54) is 5.56 Å². The minimum Gasteiger partial charge on any atom is -0.364 e. The maximum atomic E-state index is 12.6. The minimum atomic E-state index is -0.150. The summed E-state index contributed by atoms with van der Waals surface area (Å²) in [4.78, 5) is 31.2. The second-order valence-electron chi connectivity index (χ2n) is 8.35. The molecule has 1 fully saturated rings. The fourth-order valence-electron chi connectivity index (χ4n) is 4.17. The number of carbonyl (C=O) groups is 2. The van der Waals surface area contributed by atoms with Crippen molar-refractivity contribution in [2.75, 3.05) is 56.5 Å². The molecular weight excluding hydrogens is 390 g/mol. The maximum Gasteiger partial charge on any atom is 0.251 e. The molecule has 2 aliphatic heterocycles. The molecule has 164 valence electrons. The third-order valence-corrected chi connectivity index (χ3v) is 6.12. The molecule has 2 amide bonds. The second kappa shape index (κ2) is 9.49. The van der Waals surface area contributed by atoms with Gasteiger partial charge in [-0.05, 0) is 35.9 Å². The van der Waals surface area contributed by atoms with Crippen LogP contribution in [0.4, 0.5) is 11.4 Å². The van der Waals surface area contributed by atoms with E-state index in [9.17, 15) is 9.59 Å². The molecule has 0 bridgehead atoms. The molecule has 0 atom stereocenters. The molecule has 0 aliphatic carbocycles. The van der Waals surface area contributed by atoms with Crippen LogP contribution < -0.4 is 15.5 Å². The van der Waals surface area contributed by atoms with E-state index in [-0.39, 0.29) is 11.8 Å². The predicted octanol–water partition coefficient (Wildman–Crippen LogP) is 2.14. The molecule has 31 heavy (non-hydrogen) atoms. The van der Waals surface area contributed by atoms with Gasteiger partial charge in [0.1, 0.15) is 0 Å². The van der Waals surface area contributed by atoms with E-state index in [4.69, 9.17) is 0 Å². The SMILES string of the molecule is CCN1CCN(Cc2ccc(CNC(=O)c3ccc4c(c3)NC(=O)CN4C)cc2)CC1. The van der Waals surface area contributed by atoms with Crippen LogP contribution in [0.25, 0.3) is 0 Å². The van der Waals surface area contributed by atoms with E-state index in [2.05, 4.69) is 51.6 Å². The number of fused-ring (bicyclic) bond motifs is 1. The molecule has 2 aliphatic rings. The summed E-state index contributed by atoms with van der Waals surface area (Å²) < 4.78 is 0. The molecule has 2 N–H and O–H groups in total.